The average molecular weight is 391 g/mol. The van der Waals surface area contributed by atoms with Crippen LogP contribution in [0.1, 0.15) is 11.4 Å². The van der Waals surface area contributed by atoms with Crippen molar-refractivity contribution in [3.8, 4) is 0 Å². The summed E-state index contributed by atoms with van der Waals surface area (Å²) in [6, 6.07) is 3.21. The summed E-state index contributed by atoms with van der Waals surface area (Å²) in [5, 5.41) is 10.4. The first kappa shape index (κ1) is 19.3. The van der Waals surface area contributed by atoms with Crippen LogP contribution >= 0.6 is 23.4 Å². The van der Waals surface area contributed by atoms with Crippen LogP contribution in [-0.2, 0) is 17.5 Å². The molecule has 0 atom stereocenters. The topological polar surface area (TPSA) is 59.8 Å². The van der Waals surface area contributed by atoms with E-state index >= 15 is 0 Å². The number of amides is 1. The molecule has 0 fully saturated rings. The molecule has 0 spiro atoms. The van der Waals surface area contributed by atoms with Crippen molar-refractivity contribution in [1.29, 1.82) is 0 Å². The summed E-state index contributed by atoms with van der Waals surface area (Å²) in [6.07, 6.45) is -2.92. The number of allylic oxidation sites excluding steroid dienone is 1. The first-order valence-electron chi connectivity index (χ1n) is 7.02. The maximum absolute atomic E-state index is 12.8. The Balaban J connectivity index is 2.03. The molecule has 0 unspecified atom stereocenters. The Morgan fingerprint density at radius 3 is 2.80 bits per heavy atom. The van der Waals surface area contributed by atoms with Crippen LogP contribution in [-0.4, -0.2) is 26.4 Å². The summed E-state index contributed by atoms with van der Waals surface area (Å²) in [7, 11) is 0. The molecule has 1 aromatic heterocycles. The van der Waals surface area contributed by atoms with Gasteiger partial charge in [-0.25, -0.2) is 0 Å². The predicted molar refractivity (Wildman–Crippen MR) is 90.8 cm³/mol. The highest BCUT2D eigenvalue weighted by Crippen LogP contribution is 2.36. The molecule has 1 aromatic carbocycles. The van der Waals surface area contributed by atoms with E-state index in [1.807, 2.05) is 0 Å². The van der Waals surface area contributed by atoms with Crippen LogP contribution < -0.4 is 5.32 Å². The quantitative estimate of drug-likeness (QED) is 0.594. The Morgan fingerprint density at radius 2 is 2.16 bits per heavy atom. The van der Waals surface area contributed by atoms with Crippen LogP contribution in [0.2, 0.25) is 5.02 Å². The summed E-state index contributed by atoms with van der Waals surface area (Å²) in [6.45, 7) is 5.90. The van der Waals surface area contributed by atoms with Crippen molar-refractivity contribution in [2.45, 2.75) is 24.8 Å². The van der Waals surface area contributed by atoms with Crippen LogP contribution in [0, 0.1) is 6.92 Å². The van der Waals surface area contributed by atoms with Crippen molar-refractivity contribution in [2.24, 2.45) is 0 Å². The van der Waals surface area contributed by atoms with Gasteiger partial charge in [0.2, 0.25) is 5.91 Å². The zero-order valence-electron chi connectivity index (χ0n) is 13.1. The number of halogens is 4. The summed E-state index contributed by atoms with van der Waals surface area (Å²) < 4.78 is 40.3. The van der Waals surface area contributed by atoms with E-state index in [2.05, 4.69) is 22.1 Å². The van der Waals surface area contributed by atoms with Crippen molar-refractivity contribution >= 4 is 35.0 Å². The number of nitrogens with zero attached hydrogens (tertiary/aromatic N) is 3. The third-order valence-electron chi connectivity index (χ3n) is 3.10. The Morgan fingerprint density at radius 1 is 1.44 bits per heavy atom. The minimum absolute atomic E-state index is 0.0195. The van der Waals surface area contributed by atoms with Gasteiger partial charge in [-0.05, 0) is 25.1 Å². The van der Waals surface area contributed by atoms with Crippen molar-refractivity contribution in [3.05, 3.63) is 47.3 Å². The molecule has 0 aliphatic carbocycles. The fourth-order valence-electron chi connectivity index (χ4n) is 1.96. The molecule has 2 aromatic rings. The number of aromatic nitrogens is 3. The number of aryl methyl sites for hydroxylation is 1. The van der Waals surface area contributed by atoms with E-state index in [4.69, 9.17) is 11.6 Å². The van der Waals surface area contributed by atoms with Gasteiger partial charge in [-0.3, -0.25) is 4.79 Å². The third-order valence-corrected chi connectivity index (χ3v) is 4.40. The van der Waals surface area contributed by atoms with Gasteiger partial charge in [-0.2, -0.15) is 13.2 Å². The van der Waals surface area contributed by atoms with Crippen molar-refractivity contribution in [2.75, 3.05) is 11.1 Å². The van der Waals surface area contributed by atoms with Gasteiger partial charge in [-0.1, -0.05) is 29.4 Å². The smallest absolute Gasteiger partial charge is 0.325 e. The maximum atomic E-state index is 12.8. The van der Waals surface area contributed by atoms with Crippen LogP contribution in [0.4, 0.5) is 18.9 Å². The predicted octanol–water partition coefficient (Wildman–Crippen LogP) is 4.18. The first-order chi connectivity index (χ1) is 11.7. The molecule has 5 nitrogen and oxygen atoms in total. The SMILES string of the molecule is C=CCn1c(C)nnc1SCC(=O)Nc1ccc(Cl)c(C(F)(F)F)c1. The van der Waals surface area contributed by atoms with Gasteiger partial charge < -0.3 is 9.88 Å². The van der Waals surface area contributed by atoms with Gasteiger partial charge in [0.1, 0.15) is 5.82 Å². The standard InChI is InChI=1S/C15H14ClF3N4OS/c1-3-6-23-9(2)21-22-14(23)25-8-13(24)20-10-4-5-12(16)11(7-10)15(17,18)19/h3-5,7H,1,6,8H2,2H3,(H,20,24). The highest BCUT2D eigenvalue weighted by molar-refractivity contribution is 7.99. The summed E-state index contributed by atoms with van der Waals surface area (Å²) >= 11 is 6.67. The van der Waals surface area contributed by atoms with Crippen molar-refractivity contribution in [3.63, 3.8) is 0 Å². The number of rotatable bonds is 6. The highest BCUT2D eigenvalue weighted by atomic mass is 35.5. The molecule has 0 bridgehead atoms. The molecule has 25 heavy (non-hydrogen) atoms. The molecule has 1 N–H and O–H groups in total. The zero-order chi connectivity index (χ0) is 18.6. The zero-order valence-corrected chi connectivity index (χ0v) is 14.7. The molecule has 134 valence electrons. The largest absolute Gasteiger partial charge is 0.417 e. The number of hydrogen-bond acceptors (Lipinski definition) is 4. The highest BCUT2D eigenvalue weighted by Gasteiger charge is 2.33. The first-order valence-corrected chi connectivity index (χ1v) is 8.39. The summed E-state index contributed by atoms with van der Waals surface area (Å²) in [5.74, 6) is 0.181. The second kappa shape index (κ2) is 7.92. The fraction of sp³-hybridized carbons (Fsp3) is 0.267. The molecular weight excluding hydrogens is 377 g/mol. The van der Waals surface area contributed by atoms with E-state index < -0.39 is 22.7 Å². The minimum atomic E-state index is -4.59. The average Bonchev–Trinajstić information content (AvgIpc) is 2.87. The Kier molecular flexibility index (Phi) is 6.12. The molecule has 1 amide bonds. The molecule has 0 aliphatic rings. The second-order valence-corrected chi connectivity index (χ2v) is 6.31. The monoisotopic (exact) mass is 390 g/mol. The lowest BCUT2D eigenvalue weighted by atomic mass is 10.2. The van der Waals surface area contributed by atoms with Crippen LogP contribution in [0.5, 0.6) is 0 Å². The molecule has 0 aliphatic heterocycles. The van der Waals surface area contributed by atoms with E-state index in [-0.39, 0.29) is 11.4 Å². The Labute approximate surface area is 151 Å². The fourth-order valence-corrected chi connectivity index (χ4v) is 2.97. The number of nitrogens with one attached hydrogen (secondary N) is 1. The van der Waals surface area contributed by atoms with Crippen LogP contribution in [0.25, 0.3) is 0 Å². The van der Waals surface area contributed by atoms with Gasteiger partial charge in [-0.15, -0.1) is 16.8 Å². The van der Waals surface area contributed by atoms with E-state index in [0.717, 1.165) is 23.9 Å². The van der Waals surface area contributed by atoms with E-state index in [0.29, 0.717) is 17.5 Å². The van der Waals surface area contributed by atoms with Gasteiger partial charge in [0, 0.05) is 12.2 Å². The summed E-state index contributed by atoms with van der Waals surface area (Å²) in [5.41, 5.74) is -0.980. The summed E-state index contributed by atoms with van der Waals surface area (Å²) in [4.78, 5) is 12.0. The molecule has 2 rings (SSSR count). The normalized spacial score (nSPS) is 11.4. The van der Waals surface area contributed by atoms with E-state index in [9.17, 15) is 18.0 Å². The molecular formula is C15H14ClF3N4OS. The third kappa shape index (κ3) is 4.99. The number of carbonyl (C=O) groups is 1. The molecule has 0 radical (unpaired) electrons. The molecule has 10 heteroatoms. The van der Waals surface area contributed by atoms with Gasteiger partial charge >= 0.3 is 6.18 Å². The molecule has 0 saturated heterocycles. The van der Waals surface area contributed by atoms with E-state index in [1.54, 1.807) is 17.6 Å². The van der Waals surface area contributed by atoms with Gasteiger partial charge in [0.05, 0.1) is 16.3 Å². The Bertz CT molecular complexity index is 792. The number of anilines is 1. The number of thioether (sulfide) groups is 1. The van der Waals surface area contributed by atoms with Crippen molar-refractivity contribution in [1.82, 2.24) is 14.8 Å². The minimum Gasteiger partial charge on any atom is -0.325 e. The maximum Gasteiger partial charge on any atom is 0.417 e. The molecule has 0 saturated carbocycles. The van der Waals surface area contributed by atoms with Crippen LogP contribution in [0.15, 0.2) is 36.0 Å². The number of alkyl halides is 3. The second-order valence-electron chi connectivity index (χ2n) is 4.96. The van der Waals surface area contributed by atoms with Crippen LogP contribution in [0.3, 0.4) is 0 Å². The lowest BCUT2D eigenvalue weighted by Gasteiger charge is -2.11. The van der Waals surface area contributed by atoms with Crippen molar-refractivity contribution < 1.29 is 18.0 Å². The Hall–Kier alpha value is -2.00. The molecule has 1 heterocycles. The number of benzene rings is 1. The number of carbonyl (C=O) groups excluding carboxylic acids is 1. The van der Waals surface area contributed by atoms with Gasteiger partial charge in [0.25, 0.3) is 0 Å². The number of hydrogen-bond donors (Lipinski definition) is 1. The lowest BCUT2D eigenvalue weighted by molar-refractivity contribution is -0.137. The van der Waals surface area contributed by atoms with E-state index in [1.165, 1.54) is 6.07 Å². The van der Waals surface area contributed by atoms with Gasteiger partial charge in [0.15, 0.2) is 5.16 Å². The lowest BCUT2D eigenvalue weighted by Crippen LogP contribution is -2.15.